The SMILES string of the molecule is CC1(C)c2ccccc2-c2cccc(-c3ccc4oc5cccc(-c6nc(-c7cccc(-c8ccccc8)c7)nc(-c7cccc8sc9ccccc9c78)n6)c5c4c3)c21. The number of fused-ring (bicyclic) bond motifs is 9. The quantitative estimate of drug-likeness (QED) is 0.175. The third-order valence-electron chi connectivity index (χ3n) is 12.1. The van der Waals surface area contributed by atoms with Crippen LogP contribution in [0.2, 0.25) is 0 Å². The van der Waals surface area contributed by atoms with Crippen molar-refractivity contribution in [3.8, 4) is 67.5 Å². The summed E-state index contributed by atoms with van der Waals surface area (Å²) in [4.78, 5) is 16.0. The molecule has 278 valence electrons. The maximum atomic E-state index is 6.61. The third-order valence-corrected chi connectivity index (χ3v) is 13.3. The largest absolute Gasteiger partial charge is 0.456 e. The van der Waals surface area contributed by atoms with Crippen molar-refractivity contribution in [2.24, 2.45) is 0 Å². The Hall–Kier alpha value is -7.21. The summed E-state index contributed by atoms with van der Waals surface area (Å²) in [6.45, 7) is 4.69. The van der Waals surface area contributed by atoms with Crippen LogP contribution in [0.5, 0.6) is 0 Å². The van der Waals surface area contributed by atoms with Crippen LogP contribution in [0, 0.1) is 0 Å². The average molecular weight is 774 g/mol. The molecular weight excluding hydrogens is 739 g/mol. The van der Waals surface area contributed by atoms with Gasteiger partial charge in [0.05, 0.1) is 0 Å². The summed E-state index contributed by atoms with van der Waals surface area (Å²) in [7, 11) is 0. The van der Waals surface area contributed by atoms with Crippen molar-refractivity contribution in [3.63, 3.8) is 0 Å². The van der Waals surface area contributed by atoms with Gasteiger partial charge in [-0.25, -0.2) is 15.0 Å². The van der Waals surface area contributed by atoms with E-state index in [1.165, 1.54) is 42.6 Å². The minimum atomic E-state index is -0.146. The van der Waals surface area contributed by atoms with E-state index in [1.54, 1.807) is 11.3 Å². The first-order valence-corrected chi connectivity index (χ1v) is 20.8. The molecule has 3 heterocycles. The number of thiophene rings is 1. The topological polar surface area (TPSA) is 51.8 Å². The molecule has 0 radical (unpaired) electrons. The van der Waals surface area contributed by atoms with Gasteiger partial charge in [0.2, 0.25) is 0 Å². The fraction of sp³-hybridized carbons (Fsp3) is 0.0556. The van der Waals surface area contributed by atoms with E-state index in [-0.39, 0.29) is 5.41 Å². The molecule has 0 saturated heterocycles. The smallest absolute Gasteiger partial charge is 0.164 e. The summed E-state index contributed by atoms with van der Waals surface area (Å²) < 4.78 is 9.05. The minimum Gasteiger partial charge on any atom is -0.456 e. The van der Waals surface area contributed by atoms with Crippen LogP contribution in [0.3, 0.4) is 0 Å². The van der Waals surface area contributed by atoms with Gasteiger partial charge in [-0.2, -0.15) is 0 Å². The van der Waals surface area contributed by atoms with Crippen LogP contribution in [0.1, 0.15) is 25.0 Å². The Morgan fingerprint density at radius 2 is 1.03 bits per heavy atom. The molecule has 0 bridgehead atoms. The number of aromatic nitrogens is 3. The van der Waals surface area contributed by atoms with Gasteiger partial charge in [0.15, 0.2) is 17.5 Å². The highest BCUT2D eigenvalue weighted by molar-refractivity contribution is 7.25. The molecule has 1 aliphatic rings. The van der Waals surface area contributed by atoms with Crippen molar-refractivity contribution in [3.05, 3.63) is 187 Å². The molecule has 0 saturated carbocycles. The zero-order valence-electron chi connectivity index (χ0n) is 32.4. The lowest BCUT2D eigenvalue weighted by Gasteiger charge is -2.24. The van der Waals surface area contributed by atoms with Crippen LogP contribution >= 0.6 is 11.3 Å². The molecule has 0 atom stereocenters. The van der Waals surface area contributed by atoms with E-state index in [4.69, 9.17) is 19.4 Å². The van der Waals surface area contributed by atoms with Crippen LogP contribution in [0.4, 0.5) is 0 Å². The number of rotatable bonds is 5. The van der Waals surface area contributed by atoms with E-state index >= 15 is 0 Å². The zero-order chi connectivity index (χ0) is 39.2. The molecule has 5 heteroatoms. The van der Waals surface area contributed by atoms with E-state index < -0.39 is 0 Å². The highest BCUT2D eigenvalue weighted by Gasteiger charge is 2.37. The van der Waals surface area contributed by atoms with Crippen molar-refractivity contribution in [2.75, 3.05) is 0 Å². The Balaban J connectivity index is 1.09. The molecule has 59 heavy (non-hydrogen) atoms. The first kappa shape index (κ1) is 33.9. The summed E-state index contributed by atoms with van der Waals surface area (Å²) in [5, 5.41) is 4.37. The molecule has 0 amide bonds. The third kappa shape index (κ3) is 5.25. The molecule has 1 aliphatic carbocycles. The Bertz CT molecular complexity index is 3490. The minimum absolute atomic E-state index is 0.146. The molecule has 0 spiro atoms. The number of hydrogen-bond donors (Lipinski definition) is 0. The zero-order valence-corrected chi connectivity index (χ0v) is 33.2. The fourth-order valence-corrected chi connectivity index (χ4v) is 10.6. The maximum Gasteiger partial charge on any atom is 0.164 e. The van der Waals surface area contributed by atoms with E-state index in [1.807, 2.05) is 18.2 Å². The molecule has 0 aliphatic heterocycles. The molecule has 8 aromatic carbocycles. The van der Waals surface area contributed by atoms with Crippen molar-refractivity contribution in [2.45, 2.75) is 19.3 Å². The molecule has 0 fully saturated rings. The van der Waals surface area contributed by atoms with Crippen LogP contribution in [0.15, 0.2) is 180 Å². The maximum absolute atomic E-state index is 6.61. The van der Waals surface area contributed by atoms with Gasteiger partial charge in [0.1, 0.15) is 11.2 Å². The first-order valence-electron chi connectivity index (χ1n) is 20.0. The highest BCUT2D eigenvalue weighted by Crippen LogP contribution is 2.52. The fourth-order valence-electron chi connectivity index (χ4n) is 9.44. The standard InChI is InChI=1S/C54H35N3OS/c1-54(2)43-24-8-6-18-37(43)38-21-11-20-36(50(38)54)34-28-29-44-42(31-34)48-40(22-12-25-45(48)58-44)52-55-51(35-17-10-16-33(30-35)32-14-4-3-5-15-32)56-53(57-52)41-23-13-27-47-49(41)39-19-7-9-26-46(39)59-47/h3-31H,1-2H3. The Morgan fingerprint density at radius 3 is 1.92 bits per heavy atom. The van der Waals surface area contributed by atoms with E-state index in [2.05, 4.69) is 172 Å². The van der Waals surface area contributed by atoms with Gasteiger partial charge in [0.25, 0.3) is 0 Å². The van der Waals surface area contributed by atoms with E-state index in [9.17, 15) is 0 Å². The molecular formula is C54H35N3OS. The first-order chi connectivity index (χ1) is 29.0. The molecule has 12 rings (SSSR count). The Labute approximate surface area is 345 Å². The lowest BCUT2D eigenvalue weighted by Crippen LogP contribution is -2.16. The summed E-state index contributed by atoms with van der Waals surface area (Å²) in [6.07, 6.45) is 0. The average Bonchev–Trinajstić information content (AvgIpc) is 3.94. The Morgan fingerprint density at radius 1 is 0.407 bits per heavy atom. The predicted octanol–water partition coefficient (Wildman–Crippen LogP) is 14.8. The second-order valence-corrected chi connectivity index (χ2v) is 17.0. The van der Waals surface area contributed by atoms with Crippen LogP contribution in [-0.4, -0.2) is 15.0 Å². The number of benzene rings is 8. The van der Waals surface area contributed by atoms with Gasteiger partial charge in [-0.3, -0.25) is 0 Å². The second kappa shape index (κ2) is 12.9. The lowest BCUT2D eigenvalue weighted by molar-refractivity contribution is 0.662. The lowest BCUT2D eigenvalue weighted by atomic mass is 9.79. The van der Waals surface area contributed by atoms with Gasteiger partial charge < -0.3 is 4.42 Å². The summed E-state index contributed by atoms with van der Waals surface area (Å²) in [5.41, 5.74) is 14.2. The molecule has 11 aromatic rings. The summed E-state index contributed by atoms with van der Waals surface area (Å²) in [5.74, 6) is 1.85. The molecule has 0 N–H and O–H groups in total. The van der Waals surface area contributed by atoms with Crippen LogP contribution < -0.4 is 0 Å². The van der Waals surface area contributed by atoms with Gasteiger partial charge >= 0.3 is 0 Å². The van der Waals surface area contributed by atoms with E-state index in [0.717, 1.165) is 60.7 Å². The number of hydrogen-bond acceptors (Lipinski definition) is 5. The van der Waals surface area contributed by atoms with Gasteiger partial charge in [-0.15, -0.1) is 11.3 Å². The van der Waals surface area contributed by atoms with Gasteiger partial charge in [-0.05, 0) is 80.9 Å². The molecule has 3 aromatic heterocycles. The van der Waals surface area contributed by atoms with Crippen molar-refractivity contribution < 1.29 is 4.42 Å². The second-order valence-electron chi connectivity index (χ2n) is 15.9. The van der Waals surface area contributed by atoms with Crippen molar-refractivity contribution in [1.82, 2.24) is 15.0 Å². The number of furan rings is 1. The van der Waals surface area contributed by atoms with Crippen LogP contribution in [-0.2, 0) is 5.41 Å². The predicted molar refractivity (Wildman–Crippen MR) is 245 cm³/mol. The van der Waals surface area contributed by atoms with Crippen molar-refractivity contribution >= 4 is 53.4 Å². The van der Waals surface area contributed by atoms with Gasteiger partial charge in [0, 0.05) is 53.1 Å². The highest BCUT2D eigenvalue weighted by atomic mass is 32.1. The van der Waals surface area contributed by atoms with Crippen molar-refractivity contribution in [1.29, 1.82) is 0 Å². The summed E-state index contributed by atoms with van der Waals surface area (Å²) in [6, 6.07) is 62.3. The Kier molecular flexibility index (Phi) is 7.41. The summed E-state index contributed by atoms with van der Waals surface area (Å²) >= 11 is 1.80. The van der Waals surface area contributed by atoms with Gasteiger partial charge in [-0.1, -0.05) is 153 Å². The molecule has 0 unspecified atom stereocenters. The van der Waals surface area contributed by atoms with E-state index in [0.29, 0.717) is 17.5 Å². The normalized spacial score (nSPS) is 13.1. The van der Waals surface area contributed by atoms with Crippen LogP contribution in [0.25, 0.3) is 110 Å². The monoisotopic (exact) mass is 773 g/mol. The molecule has 4 nitrogen and oxygen atoms in total. The number of nitrogens with zero attached hydrogens (tertiary/aromatic N) is 3.